The molecule has 0 spiro atoms. The molecule has 0 aliphatic heterocycles. The lowest BCUT2D eigenvalue weighted by atomic mass is 10.2. The Hall–Kier alpha value is -1.51. The number of rotatable bonds is 4. The molecule has 3 heteroatoms. The van der Waals surface area contributed by atoms with Gasteiger partial charge in [-0.05, 0) is 37.0 Å². The summed E-state index contributed by atoms with van der Waals surface area (Å²) in [6, 6.07) is 7.61. The average Bonchev–Trinajstić information content (AvgIpc) is 3.09. The Morgan fingerprint density at radius 1 is 1.47 bits per heavy atom. The highest BCUT2D eigenvalue weighted by Crippen LogP contribution is 2.28. The van der Waals surface area contributed by atoms with Crippen LogP contribution in [0.5, 0.6) is 0 Å². The Bertz CT molecular complexity index is 358. The fourth-order valence-electron chi connectivity index (χ4n) is 1.50. The molecule has 3 nitrogen and oxygen atoms in total. The predicted molar refractivity (Wildman–Crippen MR) is 61.0 cm³/mol. The van der Waals surface area contributed by atoms with Gasteiger partial charge in [0.15, 0.2) is 0 Å². The van der Waals surface area contributed by atoms with Crippen molar-refractivity contribution >= 4 is 11.6 Å². The van der Waals surface area contributed by atoms with Gasteiger partial charge in [-0.15, -0.1) is 0 Å². The van der Waals surface area contributed by atoms with Crippen LogP contribution in [0, 0.1) is 5.92 Å². The first-order chi connectivity index (χ1) is 7.29. The van der Waals surface area contributed by atoms with Gasteiger partial charge in [-0.1, -0.05) is 6.07 Å². The zero-order chi connectivity index (χ0) is 10.7. The molecule has 1 aromatic rings. The Labute approximate surface area is 89.9 Å². The van der Waals surface area contributed by atoms with Gasteiger partial charge >= 0.3 is 0 Å². The lowest BCUT2D eigenvalue weighted by Crippen LogP contribution is -2.17. The third-order valence-corrected chi connectivity index (χ3v) is 2.64. The molecule has 2 N–H and O–H groups in total. The molecule has 0 unspecified atom stereocenters. The summed E-state index contributed by atoms with van der Waals surface area (Å²) in [5.41, 5.74) is 1.74. The van der Waals surface area contributed by atoms with Gasteiger partial charge in [-0.3, -0.25) is 4.79 Å². The molecule has 15 heavy (non-hydrogen) atoms. The molecule has 0 radical (unpaired) electrons. The van der Waals surface area contributed by atoms with Crippen LogP contribution in [0.1, 0.15) is 23.2 Å². The lowest BCUT2D eigenvalue weighted by Gasteiger charge is -2.06. The Kier molecular flexibility index (Phi) is 2.90. The van der Waals surface area contributed by atoms with Crippen LogP contribution >= 0.6 is 0 Å². The van der Waals surface area contributed by atoms with E-state index in [1.54, 1.807) is 7.05 Å². The number of nitrogens with one attached hydrogen (secondary N) is 2. The third kappa shape index (κ3) is 2.72. The molecule has 0 saturated heterocycles. The van der Waals surface area contributed by atoms with Crippen molar-refractivity contribution in [3.63, 3.8) is 0 Å². The van der Waals surface area contributed by atoms with Crippen LogP contribution in [0.4, 0.5) is 5.69 Å². The van der Waals surface area contributed by atoms with E-state index < -0.39 is 0 Å². The van der Waals surface area contributed by atoms with Gasteiger partial charge < -0.3 is 10.6 Å². The number of benzene rings is 1. The van der Waals surface area contributed by atoms with Crippen molar-refractivity contribution in [2.75, 3.05) is 18.9 Å². The van der Waals surface area contributed by atoms with Gasteiger partial charge in [0.05, 0.1) is 0 Å². The van der Waals surface area contributed by atoms with Gasteiger partial charge in [0.1, 0.15) is 0 Å². The van der Waals surface area contributed by atoms with Gasteiger partial charge in [0.25, 0.3) is 5.91 Å². The van der Waals surface area contributed by atoms with E-state index in [4.69, 9.17) is 0 Å². The van der Waals surface area contributed by atoms with Crippen molar-refractivity contribution < 1.29 is 4.79 Å². The maximum Gasteiger partial charge on any atom is 0.251 e. The standard InChI is InChI=1S/C12H16N2O/c1-13-12(15)10-3-2-4-11(7-10)14-8-9-5-6-9/h2-4,7,9,14H,5-6,8H2,1H3,(H,13,15). The summed E-state index contributed by atoms with van der Waals surface area (Å²) in [5, 5.41) is 5.96. The van der Waals surface area contributed by atoms with Gasteiger partial charge in [-0.2, -0.15) is 0 Å². The van der Waals surface area contributed by atoms with E-state index in [0.717, 1.165) is 18.2 Å². The second kappa shape index (κ2) is 4.34. The summed E-state index contributed by atoms with van der Waals surface area (Å²) in [7, 11) is 1.65. The average molecular weight is 204 g/mol. The molecule has 1 saturated carbocycles. The Morgan fingerprint density at radius 2 is 2.27 bits per heavy atom. The molecule has 1 aliphatic carbocycles. The van der Waals surface area contributed by atoms with E-state index in [1.165, 1.54) is 12.8 Å². The van der Waals surface area contributed by atoms with E-state index in [2.05, 4.69) is 10.6 Å². The van der Waals surface area contributed by atoms with Crippen LogP contribution in [0.15, 0.2) is 24.3 Å². The van der Waals surface area contributed by atoms with Gasteiger partial charge in [0, 0.05) is 24.8 Å². The molecule has 0 aromatic heterocycles. The molecule has 0 heterocycles. The minimum atomic E-state index is -0.0370. The Morgan fingerprint density at radius 3 is 2.93 bits per heavy atom. The minimum absolute atomic E-state index is 0.0370. The van der Waals surface area contributed by atoms with Crippen molar-refractivity contribution in [2.24, 2.45) is 5.92 Å². The summed E-state index contributed by atoms with van der Waals surface area (Å²) in [6.45, 7) is 1.02. The van der Waals surface area contributed by atoms with Gasteiger partial charge in [-0.25, -0.2) is 0 Å². The first kappa shape index (κ1) is 10.0. The van der Waals surface area contributed by atoms with Crippen molar-refractivity contribution in [1.82, 2.24) is 5.32 Å². The monoisotopic (exact) mass is 204 g/mol. The SMILES string of the molecule is CNC(=O)c1cccc(NCC2CC2)c1. The molecule has 1 aliphatic rings. The number of amides is 1. The summed E-state index contributed by atoms with van der Waals surface area (Å²) in [5.74, 6) is 0.804. The van der Waals surface area contributed by atoms with E-state index in [9.17, 15) is 4.79 Å². The van der Waals surface area contributed by atoms with E-state index in [0.29, 0.717) is 5.56 Å². The molecule has 2 rings (SSSR count). The van der Waals surface area contributed by atoms with Crippen molar-refractivity contribution in [3.8, 4) is 0 Å². The first-order valence-electron chi connectivity index (χ1n) is 5.35. The molecule has 80 valence electrons. The minimum Gasteiger partial charge on any atom is -0.385 e. The van der Waals surface area contributed by atoms with Crippen molar-refractivity contribution in [3.05, 3.63) is 29.8 Å². The van der Waals surface area contributed by atoms with Crippen LogP contribution in [-0.2, 0) is 0 Å². The zero-order valence-corrected chi connectivity index (χ0v) is 8.92. The van der Waals surface area contributed by atoms with Crippen LogP contribution in [0.25, 0.3) is 0 Å². The number of carbonyl (C=O) groups is 1. The predicted octanol–water partition coefficient (Wildman–Crippen LogP) is 1.87. The third-order valence-electron chi connectivity index (χ3n) is 2.64. The summed E-state index contributed by atoms with van der Waals surface area (Å²) < 4.78 is 0. The topological polar surface area (TPSA) is 41.1 Å². The van der Waals surface area contributed by atoms with Crippen LogP contribution < -0.4 is 10.6 Å². The number of carbonyl (C=O) groups excluding carboxylic acids is 1. The maximum absolute atomic E-state index is 11.4. The molecule has 0 bridgehead atoms. The van der Waals surface area contributed by atoms with Crippen LogP contribution in [0.3, 0.4) is 0 Å². The molecule has 1 fully saturated rings. The molecular weight excluding hydrogens is 188 g/mol. The molecule has 1 aromatic carbocycles. The normalized spacial score (nSPS) is 14.7. The highest BCUT2D eigenvalue weighted by Gasteiger charge is 2.20. The number of hydrogen-bond acceptors (Lipinski definition) is 2. The highest BCUT2D eigenvalue weighted by molar-refractivity contribution is 5.94. The second-order valence-corrected chi connectivity index (χ2v) is 3.98. The molecule has 1 amide bonds. The zero-order valence-electron chi connectivity index (χ0n) is 8.92. The second-order valence-electron chi connectivity index (χ2n) is 3.98. The van der Waals surface area contributed by atoms with Gasteiger partial charge in [0.2, 0.25) is 0 Å². The number of anilines is 1. The maximum atomic E-state index is 11.4. The fraction of sp³-hybridized carbons (Fsp3) is 0.417. The highest BCUT2D eigenvalue weighted by atomic mass is 16.1. The largest absolute Gasteiger partial charge is 0.385 e. The fourth-order valence-corrected chi connectivity index (χ4v) is 1.50. The number of hydrogen-bond donors (Lipinski definition) is 2. The Balaban J connectivity index is 2.00. The van der Waals surface area contributed by atoms with E-state index in [1.807, 2.05) is 24.3 Å². The van der Waals surface area contributed by atoms with E-state index >= 15 is 0 Å². The molecular formula is C12H16N2O. The summed E-state index contributed by atoms with van der Waals surface area (Å²) >= 11 is 0. The van der Waals surface area contributed by atoms with Crippen molar-refractivity contribution in [2.45, 2.75) is 12.8 Å². The summed E-state index contributed by atoms with van der Waals surface area (Å²) in [4.78, 5) is 11.4. The summed E-state index contributed by atoms with van der Waals surface area (Å²) in [6.07, 6.45) is 2.67. The van der Waals surface area contributed by atoms with Crippen LogP contribution in [0.2, 0.25) is 0 Å². The lowest BCUT2D eigenvalue weighted by molar-refractivity contribution is 0.0963. The van der Waals surface area contributed by atoms with E-state index in [-0.39, 0.29) is 5.91 Å². The van der Waals surface area contributed by atoms with Crippen LogP contribution in [-0.4, -0.2) is 19.5 Å². The quantitative estimate of drug-likeness (QED) is 0.786. The smallest absolute Gasteiger partial charge is 0.251 e. The first-order valence-corrected chi connectivity index (χ1v) is 5.35. The van der Waals surface area contributed by atoms with Crippen molar-refractivity contribution in [1.29, 1.82) is 0 Å². The molecule has 0 atom stereocenters.